The van der Waals surface area contributed by atoms with Crippen molar-refractivity contribution < 1.29 is 14.5 Å². The van der Waals surface area contributed by atoms with Crippen molar-refractivity contribution in [2.24, 2.45) is 0 Å². The van der Waals surface area contributed by atoms with Gasteiger partial charge in [0, 0.05) is 28.5 Å². The minimum atomic E-state index is -0.572. The molecular formula is C21H19NO4S. The van der Waals surface area contributed by atoms with Gasteiger partial charge in [0.05, 0.1) is 4.88 Å². The second-order valence-corrected chi connectivity index (χ2v) is 7.41. The number of hydrogen-bond acceptors (Lipinski definition) is 5. The summed E-state index contributed by atoms with van der Waals surface area (Å²) >= 11 is 1.60. The van der Waals surface area contributed by atoms with Crippen LogP contribution in [0.15, 0.2) is 54.1 Å². The van der Waals surface area contributed by atoms with Crippen molar-refractivity contribution in [2.75, 3.05) is 0 Å². The second kappa shape index (κ2) is 8.65. The highest BCUT2D eigenvalue weighted by Gasteiger charge is 2.23. The lowest BCUT2D eigenvalue weighted by Gasteiger charge is -2.14. The first-order chi connectivity index (χ1) is 13.0. The summed E-state index contributed by atoms with van der Waals surface area (Å²) in [6, 6.07) is 9.50. The van der Waals surface area contributed by atoms with Crippen molar-refractivity contribution in [3.8, 4) is 11.8 Å². The maximum atomic E-state index is 11.9. The molecule has 138 valence electrons. The van der Waals surface area contributed by atoms with Crippen LogP contribution in [0.2, 0.25) is 0 Å². The number of nitrogens with zero attached hydrogens (tertiary/aromatic N) is 1. The van der Waals surface area contributed by atoms with E-state index in [0.717, 1.165) is 15.8 Å². The van der Waals surface area contributed by atoms with Gasteiger partial charge in [0.25, 0.3) is 0 Å². The first kappa shape index (κ1) is 18.9. The third-order valence-corrected chi connectivity index (χ3v) is 5.26. The molecule has 2 atom stereocenters. The Kier molecular flexibility index (Phi) is 6.05. The molecule has 3 rings (SSSR count). The number of carbonyl (C=O) groups excluding carboxylic acids is 1. The summed E-state index contributed by atoms with van der Waals surface area (Å²) in [5.74, 6) is 5.47. The van der Waals surface area contributed by atoms with E-state index in [2.05, 4.69) is 11.8 Å². The molecular weight excluding hydrogens is 362 g/mol. The molecule has 1 aliphatic carbocycles. The van der Waals surface area contributed by atoms with Gasteiger partial charge in [-0.3, -0.25) is 10.1 Å². The predicted molar refractivity (Wildman–Crippen MR) is 106 cm³/mol. The summed E-state index contributed by atoms with van der Waals surface area (Å²) in [4.78, 5) is 23.5. The standard InChI is InChI=1S/C21H19NO4S/c1-15(9-11-19-14-17-6-2-3-8-20(17)27-19)26-21(23)12-10-16-5-4-7-18(13-16)22(24)25/h2-3,5-6,8,10,12,14-15,18H,4,7,13H2,1H3/t15-,18?/m1/s1. The average molecular weight is 381 g/mol. The minimum absolute atomic E-state index is 0.259. The van der Waals surface area contributed by atoms with Gasteiger partial charge >= 0.3 is 5.97 Å². The first-order valence-electron chi connectivity index (χ1n) is 8.72. The molecule has 0 aliphatic heterocycles. The SMILES string of the molecule is C[C@H](C#Cc1cc2ccccc2s1)OC(=O)C=CC1=CCCC([N+](=O)[O-])C1. The lowest BCUT2D eigenvalue weighted by molar-refractivity contribution is -0.523. The van der Waals surface area contributed by atoms with Gasteiger partial charge < -0.3 is 4.74 Å². The molecule has 1 aromatic carbocycles. The molecule has 0 saturated carbocycles. The normalized spacial score (nSPS) is 17.8. The maximum absolute atomic E-state index is 11.9. The molecule has 2 aromatic rings. The van der Waals surface area contributed by atoms with Crippen LogP contribution in [0.3, 0.4) is 0 Å². The molecule has 0 saturated heterocycles. The number of ether oxygens (including phenoxy) is 1. The van der Waals surface area contributed by atoms with E-state index in [1.807, 2.05) is 36.4 Å². The molecule has 1 aromatic heterocycles. The van der Waals surface area contributed by atoms with Gasteiger partial charge in [-0.2, -0.15) is 0 Å². The highest BCUT2D eigenvalue weighted by molar-refractivity contribution is 7.19. The van der Waals surface area contributed by atoms with Crippen LogP contribution in [0, 0.1) is 22.0 Å². The highest BCUT2D eigenvalue weighted by Crippen LogP contribution is 2.24. The Bertz CT molecular complexity index is 944. The lowest BCUT2D eigenvalue weighted by Crippen LogP contribution is -2.22. The summed E-state index contributed by atoms with van der Waals surface area (Å²) < 4.78 is 6.43. The van der Waals surface area contributed by atoms with E-state index >= 15 is 0 Å². The molecule has 1 aliphatic rings. The van der Waals surface area contributed by atoms with Crippen molar-refractivity contribution >= 4 is 27.4 Å². The Morgan fingerprint density at radius 2 is 2.26 bits per heavy atom. The smallest absolute Gasteiger partial charge is 0.331 e. The van der Waals surface area contributed by atoms with Gasteiger partial charge in [0.2, 0.25) is 6.04 Å². The average Bonchev–Trinajstić information content (AvgIpc) is 3.08. The molecule has 27 heavy (non-hydrogen) atoms. The third-order valence-electron chi connectivity index (χ3n) is 4.23. The van der Waals surface area contributed by atoms with E-state index in [1.54, 1.807) is 24.3 Å². The van der Waals surface area contributed by atoms with Gasteiger partial charge in [-0.05, 0) is 36.4 Å². The fourth-order valence-electron chi connectivity index (χ4n) is 2.87. The van der Waals surface area contributed by atoms with Crippen LogP contribution < -0.4 is 0 Å². The van der Waals surface area contributed by atoms with Crippen molar-refractivity contribution in [2.45, 2.75) is 38.3 Å². The number of carbonyl (C=O) groups is 1. The first-order valence-corrected chi connectivity index (χ1v) is 9.54. The molecule has 0 radical (unpaired) electrons. The minimum Gasteiger partial charge on any atom is -0.446 e. The van der Waals surface area contributed by atoms with Crippen LogP contribution in [0.5, 0.6) is 0 Å². The number of hydrogen-bond donors (Lipinski definition) is 0. The Hall–Kier alpha value is -2.91. The van der Waals surface area contributed by atoms with E-state index < -0.39 is 18.1 Å². The Labute approximate surface area is 161 Å². The number of esters is 1. The van der Waals surface area contributed by atoms with Gasteiger partial charge in [0.15, 0.2) is 6.10 Å². The molecule has 6 heteroatoms. The van der Waals surface area contributed by atoms with Gasteiger partial charge in [0.1, 0.15) is 0 Å². The lowest BCUT2D eigenvalue weighted by atomic mass is 9.95. The fourth-order valence-corrected chi connectivity index (χ4v) is 3.79. The summed E-state index contributed by atoms with van der Waals surface area (Å²) in [6.45, 7) is 1.72. The van der Waals surface area contributed by atoms with E-state index in [-0.39, 0.29) is 4.92 Å². The number of fused-ring (bicyclic) bond motifs is 1. The molecule has 5 nitrogen and oxygen atoms in total. The Morgan fingerprint density at radius 1 is 1.44 bits per heavy atom. The third kappa shape index (κ3) is 5.28. The zero-order valence-electron chi connectivity index (χ0n) is 14.9. The number of allylic oxidation sites excluding steroid dienone is 2. The molecule has 0 amide bonds. The van der Waals surface area contributed by atoms with Crippen molar-refractivity contribution in [1.29, 1.82) is 0 Å². The second-order valence-electron chi connectivity index (χ2n) is 6.33. The maximum Gasteiger partial charge on any atom is 0.331 e. The van der Waals surface area contributed by atoms with E-state index in [0.29, 0.717) is 19.3 Å². The number of benzene rings is 1. The summed E-state index contributed by atoms with van der Waals surface area (Å²) in [5, 5.41) is 12.0. The highest BCUT2D eigenvalue weighted by atomic mass is 32.1. The van der Waals surface area contributed by atoms with E-state index in [9.17, 15) is 14.9 Å². The van der Waals surface area contributed by atoms with Crippen molar-refractivity contribution in [3.05, 3.63) is 69.1 Å². The fraction of sp³-hybridized carbons (Fsp3) is 0.286. The van der Waals surface area contributed by atoms with Crippen LogP contribution in [-0.2, 0) is 9.53 Å². The number of rotatable bonds is 4. The van der Waals surface area contributed by atoms with Crippen LogP contribution in [-0.4, -0.2) is 23.0 Å². The predicted octanol–water partition coefficient (Wildman–Crippen LogP) is 4.50. The van der Waals surface area contributed by atoms with Crippen LogP contribution in [0.1, 0.15) is 31.1 Å². The van der Waals surface area contributed by atoms with Gasteiger partial charge in [-0.1, -0.05) is 42.2 Å². The Morgan fingerprint density at radius 3 is 3.04 bits per heavy atom. The zero-order chi connectivity index (χ0) is 19.2. The monoisotopic (exact) mass is 381 g/mol. The number of thiophene rings is 1. The number of nitro groups is 1. The molecule has 0 spiro atoms. The van der Waals surface area contributed by atoms with Gasteiger partial charge in [-0.15, -0.1) is 11.3 Å². The van der Waals surface area contributed by atoms with Crippen molar-refractivity contribution in [3.63, 3.8) is 0 Å². The summed E-state index contributed by atoms with van der Waals surface area (Å²) in [5.41, 5.74) is 0.795. The molecule has 1 heterocycles. The largest absolute Gasteiger partial charge is 0.446 e. The van der Waals surface area contributed by atoms with E-state index in [1.165, 1.54) is 10.8 Å². The van der Waals surface area contributed by atoms with Crippen molar-refractivity contribution in [1.82, 2.24) is 0 Å². The van der Waals surface area contributed by atoms with Crippen LogP contribution in [0.25, 0.3) is 10.1 Å². The topological polar surface area (TPSA) is 69.4 Å². The molecule has 0 fully saturated rings. The summed E-state index contributed by atoms with van der Waals surface area (Å²) in [6.07, 6.45) is 5.83. The summed E-state index contributed by atoms with van der Waals surface area (Å²) in [7, 11) is 0. The molecule has 0 N–H and O–H groups in total. The van der Waals surface area contributed by atoms with Gasteiger partial charge in [-0.25, -0.2) is 4.79 Å². The van der Waals surface area contributed by atoms with Crippen LogP contribution in [0.4, 0.5) is 0 Å². The zero-order valence-corrected chi connectivity index (χ0v) is 15.7. The quantitative estimate of drug-likeness (QED) is 0.257. The Balaban J connectivity index is 1.55. The molecule has 0 bridgehead atoms. The molecule has 1 unspecified atom stereocenters. The van der Waals surface area contributed by atoms with E-state index in [4.69, 9.17) is 4.74 Å². The van der Waals surface area contributed by atoms with Crippen LogP contribution >= 0.6 is 11.3 Å².